The molecule has 8 heteroatoms. The van der Waals surface area contributed by atoms with Crippen molar-refractivity contribution in [1.29, 1.82) is 0 Å². The van der Waals surface area contributed by atoms with Crippen LogP contribution in [0.5, 0.6) is 0 Å². The lowest BCUT2D eigenvalue weighted by molar-refractivity contribution is -0.137. The zero-order chi connectivity index (χ0) is 17.3. The monoisotopic (exact) mass is 338 g/mol. The van der Waals surface area contributed by atoms with E-state index in [2.05, 4.69) is 10.3 Å². The number of amidine groups is 1. The molecule has 1 aromatic rings. The Hall–Kier alpha value is -2.51. The molecule has 3 N–H and O–H groups in total. The number of benzene rings is 1. The first kappa shape index (κ1) is 16.4. The molecular weight excluding hydrogens is 321 g/mol. The van der Waals surface area contributed by atoms with Gasteiger partial charge in [-0.05, 0) is 30.2 Å². The molecule has 5 nitrogen and oxygen atoms in total. The Labute approximate surface area is 137 Å². The fraction of sp³-hybridized carbons (Fsp3) is 0.375. The average molecular weight is 338 g/mol. The summed E-state index contributed by atoms with van der Waals surface area (Å²) in [5.41, 5.74) is 5.21. The highest BCUT2D eigenvalue weighted by Gasteiger charge is 2.34. The number of hydrogen-bond acceptors (Lipinski definition) is 4. The van der Waals surface area contributed by atoms with Crippen molar-refractivity contribution in [2.75, 3.05) is 6.54 Å². The van der Waals surface area contributed by atoms with Gasteiger partial charge in [0.25, 0.3) is 0 Å². The van der Waals surface area contributed by atoms with Crippen molar-refractivity contribution in [2.45, 2.75) is 31.6 Å². The number of carbonyl (C=O) groups excluding carboxylic acids is 1. The number of primary amides is 1. The van der Waals surface area contributed by atoms with Crippen molar-refractivity contribution in [3.05, 3.63) is 47.3 Å². The lowest BCUT2D eigenvalue weighted by atomic mass is 10.1. The van der Waals surface area contributed by atoms with Gasteiger partial charge in [-0.1, -0.05) is 12.1 Å². The van der Waals surface area contributed by atoms with E-state index in [1.165, 1.54) is 6.07 Å². The molecule has 1 fully saturated rings. The summed E-state index contributed by atoms with van der Waals surface area (Å²) in [5, 5.41) is 3.04. The summed E-state index contributed by atoms with van der Waals surface area (Å²) in [7, 11) is 0. The molecule has 3 rings (SSSR count). The molecule has 1 saturated heterocycles. The van der Waals surface area contributed by atoms with Crippen LogP contribution in [0.2, 0.25) is 0 Å². The van der Waals surface area contributed by atoms with E-state index in [1.807, 2.05) is 4.90 Å². The summed E-state index contributed by atoms with van der Waals surface area (Å²) >= 11 is 0. The van der Waals surface area contributed by atoms with Gasteiger partial charge in [0.15, 0.2) is 0 Å². The number of amides is 1. The minimum atomic E-state index is -4.35. The molecular formula is C16H17F3N4O. The molecule has 1 unspecified atom stereocenters. The standard InChI is InChI=1S/C16H17F3N4O/c17-16(18,19)11-3-1-2-10(8-11)9-21-13-6-7-23-12(15(20)24)4-5-14(23)22-13/h1-3,6,8,12,21H,4-5,7,9H2,(H2,20,24). The van der Waals surface area contributed by atoms with E-state index in [0.717, 1.165) is 18.0 Å². The number of hydrogen-bond donors (Lipinski definition) is 2. The SMILES string of the molecule is NC(=O)C1CCC2=NC(NCc3cccc(C(F)(F)F)c3)=CCN21. The van der Waals surface area contributed by atoms with Gasteiger partial charge in [0.2, 0.25) is 5.91 Å². The Morgan fingerprint density at radius 3 is 2.92 bits per heavy atom. The largest absolute Gasteiger partial charge is 0.416 e. The number of alkyl halides is 3. The molecule has 2 heterocycles. The van der Waals surface area contributed by atoms with Crippen molar-refractivity contribution in [1.82, 2.24) is 10.2 Å². The van der Waals surface area contributed by atoms with Gasteiger partial charge >= 0.3 is 6.18 Å². The number of nitrogens with two attached hydrogens (primary N) is 1. The first-order valence-corrected chi connectivity index (χ1v) is 7.58. The summed E-state index contributed by atoms with van der Waals surface area (Å²) in [6.45, 7) is 0.753. The molecule has 2 aliphatic rings. The van der Waals surface area contributed by atoms with Crippen LogP contribution in [-0.4, -0.2) is 29.2 Å². The van der Waals surface area contributed by atoms with E-state index in [9.17, 15) is 18.0 Å². The number of rotatable bonds is 4. The first-order chi connectivity index (χ1) is 11.3. The third-order valence-electron chi connectivity index (χ3n) is 4.14. The molecule has 0 spiro atoms. The highest BCUT2D eigenvalue weighted by molar-refractivity contribution is 5.93. The Morgan fingerprint density at radius 2 is 2.21 bits per heavy atom. The van der Waals surface area contributed by atoms with Crippen molar-refractivity contribution < 1.29 is 18.0 Å². The summed E-state index contributed by atoms with van der Waals surface area (Å²) in [6, 6.07) is 4.85. The number of fused-ring (bicyclic) bond motifs is 1. The van der Waals surface area contributed by atoms with Crippen LogP contribution in [0.1, 0.15) is 24.0 Å². The van der Waals surface area contributed by atoms with Crippen LogP contribution >= 0.6 is 0 Å². The Balaban J connectivity index is 1.64. The van der Waals surface area contributed by atoms with Gasteiger partial charge in [0.05, 0.1) is 5.56 Å². The number of carbonyl (C=O) groups is 1. The van der Waals surface area contributed by atoms with Crippen LogP contribution in [0.3, 0.4) is 0 Å². The maximum Gasteiger partial charge on any atom is 0.416 e. The van der Waals surface area contributed by atoms with Crippen molar-refractivity contribution >= 4 is 11.7 Å². The molecule has 0 bridgehead atoms. The second kappa shape index (κ2) is 6.18. The zero-order valence-electron chi connectivity index (χ0n) is 12.8. The van der Waals surface area contributed by atoms with E-state index in [-0.39, 0.29) is 18.5 Å². The van der Waals surface area contributed by atoms with Gasteiger partial charge in [-0.3, -0.25) is 4.79 Å². The van der Waals surface area contributed by atoms with Gasteiger partial charge in [0, 0.05) is 19.5 Å². The molecule has 1 aromatic carbocycles. The maximum absolute atomic E-state index is 12.7. The minimum absolute atomic E-state index is 0.242. The number of nitrogens with one attached hydrogen (secondary N) is 1. The third kappa shape index (κ3) is 3.37. The molecule has 0 aromatic heterocycles. The van der Waals surface area contributed by atoms with Crippen LogP contribution in [0.15, 0.2) is 41.2 Å². The van der Waals surface area contributed by atoms with Gasteiger partial charge in [-0.15, -0.1) is 0 Å². The Kier molecular flexibility index (Phi) is 4.21. The number of aliphatic imine (C=N–C) groups is 1. The molecule has 1 atom stereocenters. The minimum Gasteiger partial charge on any atom is -0.368 e. The summed E-state index contributed by atoms with van der Waals surface area (Å²) < 4.78 is 38.1. The lowest BCUT2D eigenvalue weighted by Gasteiger charge is -2.26. The highest BCUT2D eigenvalue weighted by atomic mass is 19.4. The predicted molar refractivity (Wildman–Crippen MR) is 82.7 cm³/mol. The summed E-state index contributed by atoms with van der Waals surface area (Å²) in [5.74, 6) is 1.02. The van der Waals surface area contributed by atoms with Crippen LogP contribution in [-0.2, 0) is 17.5 Å². The van der Waals surface area contributed by atoms with Crippen molar-refractivity contribution in [3.63, 3.8) is 0 Å². The molecule has 24 heavy (non-hydrogen) atoms. The molecule has 0 radical (unpaired) electrons. The van der Waals surface area contributed by atoms with Gasteiger partial charge in [-0.2, -0.15) is 13.2 Å². The van der Waals surface area contributed by atoms with Crippen LogP contribution in [0.25, 0.3) is 0 Å². The van der Waals surface area contributed by atoms with Gasteiger partial charge in [0.1, 0.15) is 17.7 Å². The topological polar surface area (TPSA) is 70.7 Å². The van der Waals surface area contributed by atoms with Gasteiger partial charge < -0.3 is 16.0 Å². The van der Waals surface area contributed by atoms with Crippen LogP contribution < -0.4 is 11.1 Å². The highest BCUT2D eigenvalue weighted by Crippen LogP contribution is 2.29. The third-order valence-corrected chi connectivity index (χ3v) is 4.14. The molecule has 128 valence electrons. The molecule has 1 amide bonds. The van der Waals surface area contributed by atoms with Crippen LogP contribution in [0, 0.1) is 0 Å². The molecule has 2 aliphatic heterocycles. The van der Waals surface area contributed by atoms with Gasteiger partial charge in [-0.25, -0.2) is 4.99 Å². The molecule has 0 aliphatic carbocycles. The summed E-state index contributed by atoms with van der Waals surface area (Å²) in [6.07, 6.45) is -1.24. The smallest absolute Gasteiger partial charge is 0.368 e. The van der Waals surface area contributed by atoms with E-state index in [1.54, 1.807) is 12.1 Å². The lowest BCUT2D eigenvalue weighted by Crippen LogP contribution is -2.43. The van der Waals surface area contributed by atoms with Crippen molar-refractivity contribution in [3.8, 4) is 0 Å². The second-order valence-corrected chi connectivity index (χ2v) is 5.78. The maximum atomic E-state index is 12.7. The van der Waals surface area contributed by atoms with E-state index >= 15 is 0 Å². The number of halogens is 3. The zero-order valence-corrected chi connectivity index (χ0v) is 12.8. The van der Waals surface area contributed by atoms with E-state index < -0.39 is 11.7 Å². The second-order valence-electron chi connectivity index (χ2n) is 5.78. The molecule has 0 saturated carbocycles. The average Bonchev–Trinajstić information content (AvgIpc) is 2.96. The van der Waals surface area contributed by atoms with E-state index in [4.69, 9.17) is 5.73 Å². The quantitative estimate of drug-likeness (QED) is 0.882. The predicted octanol–water partition coefficient (Wildman–Crippen LogP) is 2.00. The van der Waals surface area contributed by atoms with Crippen LogP contribution in [0.4, 0.5) is 13.2 Å². The normalized spacial score (nSPS) is 20.3. The fourth-order valence-corrected chi connectivity index (χ4v) is 2.93. The Morgan fingerprint density at radius 1 is 1.42 bits per heavy atom. The summed E-state index contributed by atoms with van der Waals surface area (Å²) in [4.78, 5) is 17.6. The fourth-order valence-electron chi connectivity index (χ4n) is 2.93. The van der Waals surface area contributed by atoms with E-state index in [0.29, 0.717) is 30.8 Å². The number of nitrogens with zero attached hydrogens (tertiary/aromatic N) is 2. The first-order valence-electron chi connectivity index (χ1n) is 7.58. The van der Waals surface area contributed by atoms with Crippen molar-refractivity contribution in [2.24, 2.45) is 10.7 Å². The Bertz CT molecular complexity index is 712.